The van der Waals surface area contributed by atoms with Gasteiger partial charge in [-0.05, 0) is 30.5 Å². The maximum absolute atomic E-state index is 13.7. The number of rotatable bonds is 4. The topological polar surface area (TPSA) is 55.6 Å². The number of piperidine rings is 1. The van der Waals surface area contributed by atoms with Gasteiger partial charge in [-0.1, -0.05) is 13.0 Å². The number of methoxy groups -OCH3 is 1. The van der Waals surface area contributed by atoms with Crippen molar-refractivity contribution in [3.05, 3.63) is 29.6 Å². The number of carbonyl (C=O) groups is 1. The van der Waals surface area contributed by atoms with E-state index in [1.165, 1.54) is 13.2 Å². The van der Waals surface area contributed by atoms with Crippen LogP contribution in [-0.4, -0.2) is 31.0 Å². The van der Waals surface area contributed by atoms with E-state index in [0.717, 1.165) is 19.4 Å². The van der Waals surface area contributed by atoms with Crippen molar-refractivity contribution in [1.29, 1.82) is 0 Å². The average molecular weight is 280 g/mol. The van der Waals surface area contributed by atoms with Gasteiger partial charge in [-0.2, -0.15) is 0 Å². The summed E-state index contributed by atoms with van der Waals surface area (Å²) in [5, 5.41) is 0. The molecular weight excluding hydrogens is 259 g/mol. The number of halogens is 1. The predicted molar refractivity (Wildman–Crippen MR) is 74.9 cm³/mol. The molecule has 1 heterocycles. The van der Waals surface area contributed by atoms with E-state index in [0.29, 0.717) is 12.1 Å². The minimum absolute atomic E-state index is 0.0588. The summed E-state index contributed by atoms with van der Waals surface area (Å²) in [6, 6.07) is 4.29. The van der Waals surface area contributed by atoms with Crippen LogP contribution in [0.5, 0.6) is 5.75 Å². The van der Waals surface area contributed by atoms with Crippen molar-refractivity contribution in [2.24, 2.45) is 11.7 Å². The molecule has 1 saturated heterocycles. The summed E-state index contributed by atoms with van der Waals surface area (Å²) >= 11 is 0. The SMILES string of the molecule is COc1ccc(C(N)CN2CCCC(C)C2=O)cc1F. The van der Waals surface area contributed by atoms with E-state index in [-0.39, 0.29) is 23.6 Å². The van der Waals surface area contributed by atoms with Gasteiger partial charge in [-0.15, -0.1) is 0 Å². The molecule has 5 heteroatoms. The molecule has 2 rings (SSSR count). The molecule has 1 aliphatic rings. The second-order valence-electron chi connectivity index (χ2n) is 5.33. The Morgan fingerprint density at radius 3 is 2.95 bits per heavy atom. The Morgan fingerprint density at radius 1 is 1.55 bits per heavy atom. The molecule has 1 aromatic carbocycles. The van der Waals surface area contributed by atoms with Crippen molar-refractivity contribution >= 4 is 5.91 Å². The van der Waals surface area contributed by atoms with Crippen molar-refractivity contribution < 1.29 is 13.9 Å². The van der Waals surface area contributed by atoms with Crippen molar-refractivity contribution in [1.82, 2.24) is 4.90 Å². The van der Waals surface area contributed by atoms with Crippen molar-refractivity contribution in [3.8, 4) is 5.75 Å². The van der Waals surface area contributed by atoms with Crippen LogP contribution in [-0.2, 0) is 4.79 Å². The van der Waals surface area contributed by atoms with Crippen LogP contribution >= 0.6 is 0 Å². The lowest BCUT2D eigenvalue weighted by atomic mass is 9.98. The Labute approximate surface area is 118 Å². The fourth-order valence-electron chi connectivity index (χ4n) is 2.57. The summed E-state index contributed by atoms with van der Waals surface area (Å²) < 4.78 is 18.5. The molecule has 1 fully saturated rings. The van der Waals surface area contributed by atoms with Gasteiger partial charge in [0, 0.05) is 25.0 Å². The largest absolute Gasteiger partial charge is 0.494 e. The summed E-state index contributed by atoms with van der Waals surface area (Å²) in [5.74, 6) is -0.0355. The third kappa shape index (κ3) is 3.10. The summed E-state index contributed by atoms with van der Waals surface area (Å²) in [6.45, 7) is 3.09. The number of nitrogens with zero attached hydrogens (tertiary/aromatic N) is 1. The second-order valence-corrected chi connectivity index (χ2v) is 5.33. The van der Waals surface area contributed by atoms with E-state index in [1.807, 2.05) is 6.92 Å². The van der Waals surface area contributed by atoms with Gasteiger partial charge in [-0.3, -0.25) is 4.79 Å². The molecule has 0 aromatic heterocycles. The predicted octanol–water partition coefficient (Wildman–Crippen LogP) is 2.09. The average Bonchev–Trinajstić information content (AvgIpc) is 2.43. The van der Waals surface area contributed by atoms with Gasteiger partial charge < -0.3 is 15.4 Å². The first-order valence-electron chi connectivity index (χ1n) is 6.90. The number of nitrogens with two attached hydrogens (primary N) is 1. The molecule has 1 aromatic rings. The number of hydrogen-bond acceptors (Lipinski definition) is 3. The zero-order valence-electron chi connectivity index (χ0n) is 11.9. The number of carbonyl (C=O) groups excluding carboxylic acids is 1. The van der Waals surface area contributed by atoms with E-state index < -0.39 is 5.82 Å². The van der Waals surface area contributed by atoms with Gasteiger partial charge in [0.2, 0.25) is 5.91 Å². The summed E-state index contributed by atoms with van der Waals surface area (Å²) in [5.41, 5.74) is 6.77. The Bertz CT molecular complexity index is 493. The van der Waals surface area contributed by atoms with Crippen molar-refractivity contribution in [2.45, 2.75) is 25.8 Å². The second kappa shape index (κ2) is 6.22. The zero-order valence-corrected chi connectivity index (χ0v) is 11.9. The highest BCUT2D eigenvalue weighted by molar-refractivity contribution is 5.79. The summed E-state index contributed by atoms with van der Waals surface area (Å²) in [4.78, 5) is 13.8. The highest BCUT2D eigenvalue weighted by Gasteiger charge is 2.26. The number of ether oxygens (including phenoxy) is 1. The highest BCUT2D eigenvalue weighted by Crippen LogP contribution is 2.23. The Hall–Kier alpha value is -1.62. The third-order valence-electron chi connectivity index (χ3n) is 3.82. The zero-order chi connectivity index (χ0) is 14.7. The molecule has 1 amide bonds. The molecule has 0 saturated carbocycles. The Morgan fingerprint density at radius 2 is 2.30 bits per heavy atom. The van der Waals surface area contributed by atoms with Crippen LogP contribution in [0.2, 0.25) is 0 Å². The molecule has 1 aliphatic heterocycles. The Balaban J connectivity index is 2.06. The first-order chi connectivity index (χ1) is 9.52. The van der Waals surface area contributed by atoms with Crippen LogP contribution in [0.15, 0.2) is 18.2 Å². The molecule has 4 nitrogen and oxygen atoms in total. The standard InChI is InChI=1S/C15H21FN2O2/c1-10-4-3-7-18(15(10)19)9-13(17)11-5-6-14(20-2)12(16)8-11/h5-6,8,10,13H,3-4,7,9,17H2,1-2H3. The number of likely N-dealkylation sites (tertiary alicyclic amines) is 1. The van der Waals surface area contributed by atoms with Gasteiger partial charge in [0.05, 0.1) is 7.11 Å². The van der Waals surface area contributed by atoms with Gasteiger partial charge >= 0.3 is 0 Å². The van der Waals surface area contributed by atoms with E-state index >= 15 is 0 Å². The molecule has 2 N–H and O–H groups in total. The van der Waals surface area contributed by atoms with Crippen LogP contribution in [0.3, 0.4) is 0 Å². The molecular formula is C15H21FN2O2. The lowest BCUT2D eigenvalue weighted by Gasteiger charge is -2.32. The van der Waals surface area contributed by atoms with Crippen LogP contribution in [0.4, 0.5) is 4.39 Å². The van der Waals surface area contributed by atoms with Crippen LogP contribution in [0, 0.1) is 11.7 Å². The molecule has 20 heavy (non-hydrogen) atoms. The molecule has 0 aliphatic carbocycles. The molecule has 2 unspecified atom stereocenters. The lowest BCUT2D eigenvalue weighted by molar-refractivity contribution is -0.138. The van der Waals surface area contributed by atoms with E-state index in [2.05, 4.69) is 0 Å². The maximum atomic E-state index is 13.7. The molecule has 0 spiro atoms. The number of hydrogen-bond donors (Lipinski definition) is 1. The van der Waals surface area contributed by atoms with E-state index in [1.54, 1.807) is 17.0 Å². The van der Waals surface area contributed by atoms with Gasteiger partial charge in [-0.25, -0.2) is 4.39 Å². The summed E-state index contributed by atoms with van der Waals surface area (Å²) in [7, 11) is 1.42. The monoisotopic (exact) mass is 280 g/mol. The Kier molecular flexibility index (Phi) is 4.60. The lowest BCUT2D eigenvalue weighted by Crippen LogP contribution is -2.43. The first-order valence-corrected chi connectivity index (χ1v) is 6.90. The molecule has 2 atom stereocenters. The van der Waals surface area contributed by atoms with Gasteiger partial charge in [0.1, 0.15) is 0 Å². The van der Waals surface area contributed by atoms with Gasteiger partial charge in [0.25, 0.3) is 0 Å². The van der Waals surface area contributed by atoms with Crippen LogP contribution in [0.25, 0.3) is 0 Å². The minimum atomic E-state index is -0.432. The number of benzene rings is 1. The fraction of sp³-hybridized carbons (Fsp3) is 0.533. The fourth-order valence-corrected chi connectivity index (χ4v) is 2.57. The smallest absolute Gasteiger partial charge is 0.225 e. The molecule has 0 bridgehead atoms. The number of amides is 1. The van der Waals surface area contributed by atoms with E-state index in [9.17, 15) is 9.18 Å². The first kappa shape index (κ1) is 14.8. The minimum Gasteiger partial charge on any atom is -0.494 e. The van der Waals surface area contributed by atoms with Crippen molar-refractivity contribution in [2.75, 3.05) is 20.2 Å². The van der Waals surface area contributed by atoms with E-state index in [4.69, 9.17) is 10.5 Å². The maximum Gasteiger partial charge on any atom is 0.225 e. The van der Waals surface area contributed by atoms with Crippen molar-refractivity contribution in [3.63, 3.8) is 0 Å². The highest BCUT2D eigenvalue weighted by atomic mass is 19.1. The normalized spacial score (nSPS) is 20.9. The van der Waals surface area contributed by atoms with Gasteiger partial charge in [0.15, 0.2) is 11.6 Å². The molecule has 0 radical (unpaired) electrons. The quantitative estimate of drug-likeness (QED) is 0.919. The summed E-state index contributed by atoms with van der Waals surface area (Å²) in [6.07, 6.45) is 1.93. The van der Waals surface area contributed by atoms with Crippen LogP contribution < -0.4 is 10.5 Å². The third-order valence-corrected chi connectivity index (χ3v) is 3.82. The van der Waals surface area contributed by atoms with Crippen LogP contribution in [0.1, 0.15) is 31.4 Å². The molecule has 110 valence electrons.